The van der Waals surface area contributed by atoms with Crippen LogP contribution in [0.4, 0.5) is 18.9 Å². The summed E-state index contributed by atoms with van der Waals surface area (Å²) in [7, 11) is 0. The summed E-state index contributed by atoms with van der Waals surface area (Å²) in [5.41, 5.74) is -1.81. The second kappa shape index (κ2) is 8.81. The van der Waals surface area contributed by atoms with Crippen molar-refractivity contribution in [3.63, 3.8) is 0 Å². The Labute approximate surface area is 178 Å². The van der Waals surface area contributed by atoms with Gasteiger partial charge in [-0.25, -0.2) is 0 Å². The molecule has 5 nitrogen and oxygen atoms in total. The van der Waals surface area contributed by atoms with Crippen molar-refractivity contribution in [1.82, 2.24) is 4.57 Å². The van der Waals surface area contributed by atoms with Crippen molar-refractivity contribution in [2.75, 3.05) is 5.32 Å². The van der Waals surface area contributed by atoms with Gasteiger partial charge in [-0.05, 0) is 30.3 Å². The molecule has 0 saturated carbocycles. The third-order valence-electron chi connectivity index (χ3n) is 3.90. The summed E-state index contributed by atoms with van der Waals surface area (Å²) in [6, 6.07) is 13.6. The van der Waals surface area contributed by atoms with Crippen LogP contribution in [0, 0.1) is 0 Å². The predicted molar refractivity (Wildman–Crippen MR) is 107 cm³/mol. The number of alkyl halides is 3. The van der Waals surface area contributed by atoms with Crippen molar-refractivity contribution in [2.24, 2.45) is 0 Å². The SMILES string of the molecule is O=C(Cn1cc(C(F)(F)F)cc(Cl)c1=O)Nc1ccccc1Oc1ccccc1Cl. The number of hydrogen-bond donors (Lipinski definition) is 1. The normalized spacial score (nSPS) is 11.2. The minimum Gasteiger partial charge on any atom is -0.454 e. The highest BCUT2D eigenvalue weighted by molar-refractivity contribution is 6.32. The van der Waals surface area contributed by atoms with Crippen LogP contribution >= 0.6 is 23.2 Å². The molecule has 1 aromatic heterocycles. The number of nitrogens with one attached hydrogen (secondary N) is 1. The first-order valence-corrected chi connectivity index (χ1v) is 9.19. The molecule has 1 amide bonds. The fourth-order valence-corrected chi connectivity index (χ4v) is 2.92. The van der Waals surface area contributed by atoms with E-state index in [2.05, 4.69) is 5.32 Å². The van der Waals surface area contributed by atoms with E-state index >= 15 is 0 Å². The van der Waals surface area contributed by atoms with E-state index in [1.165, 1.54) is 6.07 Å². The van der Waals surface area contributed by atoms with Crippen LogP contribution in [0.1, 0.15) is 5.56 Å². The van der Waals surface area contributed by atoms with Gasteiger partial charge in [-0.3, -0.25) is 9.59 Å². The molecule has 1 heterocycles. The smallest absolute Gasteiger partial charge is 0.417 e. The van der Waals surface area contributed by atoms with Gasteiger partial charge >= 0.3 is 6.18 Å². The van der Waals surface area contributed by atoms with Crippen LogP contribution in [0.5, 0.6) is 11.5 Å². The van der Waals surface area contributed by atoms with E-state index < -0.39 is 34.8 Å². The summed E-state index contributed by atoms with van der Waals surface area (Å²) in [6.45, 7) is -0.678. The molecule has 0 fully saturated rings. The number of aromatic nitrogens is 1. The largest absolute Gasteiger partial charge is 0.454 e. The molecule has 3 aromatic rings. The van der Waals surface area contributed by atoms with Gasteiger partial charge in [0, 0.05) is 6.20 Å². The summed E-state index contributed by atoms with van der Waals surface area (Å²) in [4.78, 5) is 24.4. The van der Waals surface area contributed by atoms with E-state index in [-0.39, 0.29) is 11.4 Å². The maximum atomic E-state index is 13.0. The number of nitrogens with zero attached hydrogens (tertiary/aromatic N) is 1. The molecule has 3 rings (SSSR count). The van der Waals surface area contributed by atoms with Gasteiger partial charge in [-0.1, -0.05) is 47.5 Å². The van der Waals surface area contributed by atoms with E-state index in [0.717, 1.165) is 0 Å². The first kappa shape index (κ1) is 21.7. The van der Waals surface area contributed by atoms with Crippen LogP contribution in [0.3, 0.4) is 0 Å². The molecular formula is C20H13Cl2F3N2O3. The average Bonchev–Trinajstić information content (AvgIpc) is 2.67. The van der Waals surface area contributed by atoms with Gasteiger partial charge < -0.3 is 14.6 Å². The molecule has 0 spiro atoms. The number of hydrogen-bond acceptors (Lipinski definition) is 3. The first-order valence-electron chi connectivity index (χ1n) is 8.43. The van der Waals surface area contributed by atoms with Crippen LogP contribution in [0.25, 0.3) is 0 Å². The highest BCUT2D eigenvalue weighted by Crippen LogP contribution is 2.33. The second-order valence-electron chi connectivity index (χ2n) is 6.08. The van der Waals surface area contributed by atoms with Crippen molar-refractivity contribution in [3.05, 3.63) is 86.8 Å². The number of carbonyl (C=O) groups excluding carboxylic acids is 1. The zero-order valence-corrected chi connectivity index (χ0v) is 16.6. The van der Waals surface area contributed by atoms with Crippen LogP contribution < -0.4 is 15.6 Å². The molecular weight excluding hydrogens is 444 g/mol. The Kier molecular flexibility index (Phi) is 6.38. The minimum atomic E-state index is -4.72. The number of carbonyl (C=O) groups is 1. The highest BCUT2D eigenvalue weighted by atomic mass is 35.5. The third kappa shape index (κ3) is 5.14. The number of halogens is 5. The molecule has 0 aliphatic heterocycles. The van der Waals surface area contributed by atoms with E-state index in [4.69, 9.17) is 27.9 Å². The zero-order chi connectivity index (χ0) is 21.9. The van der Waals surface area contributed by atoms with Crippen molar-refractivity contribution in [2.45, 2.75) is 12.7 Å². The Morgan fingerprint density at radius 3 is 2.30 bits per heavy atom. The summed E-state index contributed by atoms with van der Waals surface area (Å²) in [5.74, 6) is -0.141. The Hall–Kier alpha value is -2.97. The molecule has 0 aliphatic rings. The number of para-hydroxylation sites is 3. The molecule has 0 saturated heterocycles. The van der Waals surface area contributed by atoms with Crippen molar-refractivity contribution in [3.8, 4) is 11.5 Å². The number of pyridine rings is 1. The fourth-order valence-electron chi connectivity index (χ4n) is 2.52. The lowest BCUT2D eigenvalue weighted by atomic mass is 10.2. The zero-order valence-electron chi connectivity index (χ0n) is 15.0. The lowest BCUT2D eigenvalue weighted by Crippen LogP contribution is -2.29. The van der Waals surface area contributed by atoms with E-state index in [9.17, 15) is 22.8 Å². The molecule has 0 bridgehead atoms. The Morgan fingerprint density at radius 2 is 1.63 bits per heavy atom. The Morgan fingerprint density at radius 1 is 1.00 bits per heavy atom. The summed E-state index contributed by atoms with van der Waals surface area (Å²) in [5, 5.41) is 2.22. The monoisotopic (exact) mass is 456 g/mol. The number of anilines is 1. The molecule has 30 heavy (non-hydrogen) atoms. The number of benzene rings is 2. The molecule has 0 radical (unpaired) electrons. The molecule has 0 aliphatic carbocycles. The van der Waals surface area contributed by atoms with Gasteiger partial charge in [0.05, 0.1) is 16.3 Å². The molecule has 156 valence electrons. The quantitative estimate of drug-likeness (QED) is 0.543. The van der Waals surface area contributed by atoms with Crippen LogP contribution in [0.2, 0.25) is 10.0 Å². The van der Waals surface area contributed by atoms with Crippen LogP contribution in [0.15, 0.2) is 65.6 Å². The standard InChI is InChI=1S/C20H13Cl2F3N2O3/c21-13-5-1-3-7-16(13)30-17-8-4-2-6-15(17)26-18(28)11-27-10-12(20(23,24)25)9-14(22)19(27)29/h1-10H,11H2,(H,26,28). The lowest BCUT2D eigenvalue weighted by Gasteiger charge is -2.14. The van der Waals surface area contributed by atoms with Gasteiger partial charge in [0.25, 0.3) is 5.56 Å². The second-order valence-corrected chi connectivity index (χ2v) is 6.90. The maximum Gasteiger partial charge on any atom is 0.417 e. The van der Waals surface area contributed by atoms with Crippen molar-refractivity contribution >= 4 is 34.8 Å². The Bertz CT molecular complexity index is 1150. The maximum absolute atomic E-state index is 13.0. The van der Waals surface area contributed by atoms with Gasteiger partial charge in [0.2, 0.25) is 5.91 Å². The van der Waals surface area contributed by atoms with Gasteiger partial charge in [0.15, 0.2) is 5.75 Å². The summed E-state index contributed by atoms with van der Waals surface area (Å²) in [6.07, 6.45) is -4.18. The summed E-state index contributed by atoms with van der Waals surface area (Å²) >= 11 is 11.7. The lowest BCUT2D eigenvalue weighted by molar-refractivity contribution is -0.138. The molecule has 10 heteroatoms. The van der Waals surface area contributed by atoms with Crippen LogP contribution in [-0.4, -0.2) is 10.5 Å². The topological polar surface area (TPSA) is 60.3 Å². The number of ether oxygens (including phenoxy) is 1. The predicted octanol–water partition coefficient (Wildman–Crippen LogP) is 5.60. The molecule has 2 aromatic carbocycles. The first-order chi connectivity index (χ1) is 14.1. The molecule has 1 N–H and O–H groups in total. The third-order valence-corrected chi connectivity index (χ3v) is 4.48. The van der Waals surface area contributed by atoms with Gasteiger partial charge in [0.1, 0.15) is 17.3 Å². The van der Waals surface area contributed by atoms with E-state index in [1.807, 2.05) is 0 Å². The number of rotatable bonds is 5. The molecule has 0 unspecified atom stereocenters. The highest BCUT2D eigenvalue weighted by Gasteiger charge is 2.32. The van der Waals surface area contributed by atoms with Gasteiger partial charge in [-0.2, -0.15) is 13.2 Å². The minimum absolute atomic E-state index is 0.244. The Balaban J connectivity index is 1.82. The summed E-state index contributed by atoms with van der Waals surface area (Å²) < 4.78 is 45.2. The van der Waals surface area contributed by atoms with Crippen molar-refractivity contribution in [1.29, 1.82) is 0 Å². The van der Waals surface area contributed by atoms with Crippen molar-refractivity contribution < 1.29 is 22.7 Å². The van der Waals surface area contributed by atoms with E-state index in [1.54, 1.807) is 42.5 Å². The van der Waals surface area contributed by atoms with Gasteiger partial charge in [-0.15, -0.1) is 0 Å². The van der Waals surface area contributed by atoms with Crippen LogP contribution in [-0.2, 0) is 17.5 Å². The number of amides is 1. The average molecular weight is 457 g/mol. The fraction of sp³-hybridized carbons (Fsp3) is 0.100. The molecule has 0 atom stereocenters. The van der Waals surface area contributed by atoms with E-state index in [0.29, 0.717) is 27.6 Å².